The van der Waals surface area contributed by atoms with Crippen molar-refractivity contribution in [2.24, 2.45) is 0 Å². The molecule has 0 saturated carbocycles. The molecule has 112 valence electrons. The van der Waals surface area contributed by atoms with E-state index in [0.29, 0.717) is 12.1 Å². The Morgan fingerprint density at radius 1 is 0.842 bits per heavy atom. The molecule has 2 aliphatic rings. The van der Waals surface area contributed by atoms with Gasteiger partial charge in [-0.1, -0.05) is 48.0 Å². The van der Waals surface area contributed by atoms with Crippen molar-refractivity contribution in [2.75, 3.05) is 11.9 Å². The van der Waals surface area contributed by atoms with E-state index >= 15 is 0 Å². The molecule has 2 bridgehead atoms. The van der Waals surface area contributed by atoms with Crippen LogP contribution in [0.1, 0.15) is 70.6 Å². The first-order valence-corrected chi connectivity index (χ1v) is 9.43. The van der Waals surface area contributed by atoms with Gasteiger partial charge in [-0.15, -0.1) is 0 Å². The Morgan fingerprint density at radius 3 is 1.95 bits per heavy atom. The lowest BCUT2D eigenvalue weighted by Crippen LogP contribution is -2.44. The van der Waals surface area contributed by atoms with Gasteiger partial charge in [0.2, 0.25) is 0 Å². The number of halogens is 1. The van der Waals surface area contributed by atoms with Gasteiger partial charge in [-0.3, -0.25) is 4.90 Å². The van der Waals surface area contributed by atoms with Crippen LogP contribution in [0.2, 0.25) is 0 Å². The summed E-state index contributed by atoms with van der Waals surface area (Å²) in [5.74, 6) is 0. The van der Waals surface area contributed by atoms with Gasteiger partial charge in [0.25, 0.3) is 0 Å². The summed E-state index contributed by atoms with van der Waals surface area (Å²) in [7, 11) is 0. The summed E-state index contributed by atoms with van der Waals surface area (Å²) in [6.07, 6.45) is 14.4. The number of hydrogen-bond acceptors (Lipinski definition) is 2. The maximum atomic E-state index is 9.79. The summed E-state index contributed by atoms with van der Waals surface area (Å²) in [6.45, 7) is 1.28. The average Bonchev–Trinajstić information content (AvgIpc) is 2.64. The molecule has 0 amide bonds. The SMILES string of the molecule is OC1CC2CCC(C1)N2CCCCCCCCCBr. The predicted molar refractivity (Wildman–Crippen MR) is 84.9 cm³/mol. The number of aliphatic hydroxyl groups excluding tert-OH is 1. The van der Waals surface area contributed by atoms with Crippen molar-refractivity contribution in [1.82, 2.24) is 4.90 Å². The normalized spacial score (nSPS) is 30.9. The molecule has 2 nitrogen and oxygen atoms in total. The maximum absolute atomic E-state index is 9.79. The lowest BCUT2D eigenvalue weighted by atomic mass is 9.99. The van der Waals surface area contributed by atoms with E-state index in [1.54, 1.807) is 0 Å². The third-order valence-electron chi connectivity index (χ3n) is 4.91. The van der Waals surface area contributed by atoms with E-state index in [0.717, 1.165) is 18.2 Å². The van der Waals surface area contributed by atoms with Crippen LogP contribution in [-0.2, 0) is 0 Å². The largest absolute Gasteiger partial charge is 0.393 e. The fraction of sp³-hybridized carbons (Fsp3) is 1.00. The second-order valence-electron chi connectivity index (χ2n) is 6.41. The molecule has 19 heavy (non-hydrogen) atoms. The maximum Gasteiger partial charge on any atom is 0.0570 e. The summed E-state index contributed by atoms with van der Waals surface area (Å²) < 4.78 is 0. The number of rotatable bonds is 9. The van der Waals surface area contributed by atoms with Crippen molar-refractivity contribution < 1.29 is 5.11 Å². The minimum absolute atomic E-state index is 0.0109. The van der Waals surface area contributed by atoms with Gasteiger partial charge in [0.15, 0.2) is 0 Å². The van der Waals surface area contributed by atoms with Crippen LogP contribution in [0.5, 0.6) is 0 Å². The molecule has 0 radical (unpaired) electrons. The molecule has 1 N–H and O–H groups in total. The molecular formula is C16H30BrNO. The molecule has 3 heteroatoms. The zero-order valence-corrected chi connectivity index (χ0v) is 13.8. The third kappa shape index (κ3) is 5.02. The van der Waals surface area contributed by atoms with E-state index < -0.39 is 0 Å². The zero-order chi connectivity index (χ0) is 13.5. The third-order valence-corrected chi connectivity index (χ3v) is 5.47. The Hall–Kier alpha value is 0.400. The van der Waals surface area contributed by atoms with Gasteiger partial charge in [0, 0.05) is 17.4 Å². The van der Waals surface area contributed by atoms with Gasteiger partial charge in [-0.25, -0.2) is 0 Å². The minimum atomic E-state index is -0.0109. The topological polar surface area (TPSA) is 23.5 Å². The van der Waals surface area contributed by atoms with Crippen LogP contribution in [0.15, 0.2) is 0 Å². The number of piperidine rings is 1. The number of fused-ring (bicyclic) bond motifs is 2. The van der Waals surface area contributed by atoms with Crippen LogP contribution in [0.4, 0.5) is 0 Å². The summed E-state index contributed by atoms with van der Waals surface area (Å²) in [5.41, 5.74) is 0. The number of unbranched alkanes of at least 4 members (excludes halogenated alkanes) is 6. The van der Waals surface area contributed by atoms with E-state index in [4.69, 9.17) is 0 Å². The van der Waals surface area contributed by atoms with Crippen molar-refractivity contribution in [3.8, 4) is 0 Å². The first kappa shape index (κ1) is 15.8. The number of hydrogen-bond donors (Lipinski definition) is 1. The number of alkyl halides is 1. The highest BCUT2D eigenvalue weighted by atomic mass is 79.9. The molecule has 2 unspecified atom stereocenters. The minimum Gasteiger partial charge on any atom is -0.393 e. The summed E-state index contributed by atoms with van der Waals surface area (Å²) in [6, 6.07) is 1.40. The summed E-state index contributed by atoms with van der Waals surface area (Å²) in [5, 5.41) is 11.0. The van der Waals surface area contributed by atoms with Crippen LogP contribution in [0.3, 0.4) is 0 Å². The fourth-order valence-corrected chi connectivity index (χ4v) is 4.28. The molecule has 0 aliphatic carbocycles. The molecular weight excluding hydrogens is 302 g/mol. The predicted octanol–water partition coefficient (Wildman–Crippen LogP) is 4.10. The van der Waals surface area contributed by atoms with Gasteiger partial charge in [0.05, 0.1) is 6.10 Å². The van der Waals surface area contributed by atoms with Gasteiger partial charge in [0.1, 0.15) is 0 Å². The van der Waals surface area contributed by atoms with Crippen molar-refractivity contribution >= 4 is 15.9 Å². The molecule has 0 aromatic carbocycles. The van der Waals surface area contributed by atoms with E-state index in [2.05, 4.69) is 20.8 Å². The first-order valence-electron chi connectivity index (χ1n) is 8.31. The molecule has 2 aliphatic heterocycles. The van der Waals surface area contributed by atoms with E-state index in [9.17, 15) is 5.11 Å². The second kappa shape index (κ2) is 8.63. The molecule has 2 rings (SSSR count). The Kier molecular flexibility index (Phi) is 7.17. The van der Waals surface area contributed by atoms with Crippen LogP contribution >= 0.6 is 15.9 Å². The molecule has 2 saturated heterocycles. The molecule has 2 heterocycles. The molecule has 0 aromatic rings. The molecule has 0 spiro atoms. The van der Waals surface area contributed by atoms with E-state index in [-0.39, 0.29) is 6.10 Å². The number of nitrogens with zero attached hydrogens (tertiary/aromatic N) is 1. The smallest absolute Gasteiger partial charge is 0.0570 e. The number of aliphatic hydroxyl groups is 1. The highest BCUT2D eigenvalue weighted by Gasteiger charge is 2.39. The Labute approximate surface area is 127 Å². The summed E-state index contributed by atoms with van der Waals surface area (Å²) >= 11 is 3.49. The van der Waals surface area contributed by atoms with E-state index in [1.807, 2.05) is 0 Å². The van der Waals surface area contributed by atoms with Crippen LogP contribution < -0.4 is 0 Å². The van der Waals surface area contributed by atoms with Crippen LogP contribution in [-0.4, -0.2) is 40.1 Å². The Balaban J connectivity index is 1.50. The first-order chi connectivity index (χ1) is 9.31. The molecule has 2 atom stereocenters. The average molecular weight is 332 g/mol. The zero-order valence-electron chi connectivity index (χ0n) is 12.2. The molecule has 0 aromatic heterocycles. The van der Waals surface area contributed by atoms with Gasteiger partial charge < -0.3 is 5.11 Å². The lowest BCUT2D eigenvalue weighted by molar-refractivity contribution is 0.0346. The monoisotopic (exact) mass is 331 g/mol. The molecule has 2 fully saturated rings. The lowest BCUT2D eigenvalue weighted by Gasteiger charge is -2.37. The highest BCUT2D eigenvalue weighted by Crippen LogP contribution is 2.35. The van der Waals surface area contributed by atoms with Crippen LogP contribution in [0, 0.1) is 0 Å². The van der Waals surface area contributed by atoms with Gasteiger partial charge >= 0.3 is 0 Å². The second-order valence-corrected chi connectivity index (χ2v) is 7.20. The van der Waals surface area contributed by atoms with Gasteiger partial charge in [-0.2, -0.15) is 0 Å². The standard InChI is InChI=1S/C16H30BrNO/c17-10-6-4-2-1-3-5-7-11-18-14-8-9-15(18)13-16(19)12-14/h14-16,19H,1-13H2. The fourth-order valence-electron chi connectivity index (χ4n) is 3.88. The summed E-state index contributed by atoms with van der Waals surface area (Å²) in [4.78, 5) is 2.71. The Bertz CT molecular complexity index is 235. The van der Waals surface area contributed by atoms with Crippen LogP contribution in [0.25, 0.3) is 0 Å². The Morgan fingerprint density at radius 2 is 1.37 bits per heavy atom. The van der Waals surface area contributed by atoms with Crippen molar-refractivity contribution in [2.45, 2.75) is 88.8 Å². The highest BCUT2D eigenvalue weighted by molar-refractivity contribution is 9.09. The van der Waals surface area contributed by atoms with Crippen molar-refractivity contribution in [3.63, 3.8) is 0 Å². The van der Waals surface area contributed by atoms with Gasteiger partial charge in [-0.05, 0) is 45.1 Å². The van der Waals surface area contributed by atoms with Crippen molar-refractivity contribution in [3.05, 3.63) is 0 Å². The van der Waals surface area contributed by atoms with E-state index in [1.165, 1.54) is 64.3 Å². The van der Waals surface area contributed by atoms with Crippen molar-refractivity contribution in [1.29, 1.82) is 0 Å². The quantitative estimate of drug-likeness (QED) is 0.508.